The molecule has 2 heterocycles. The lowest BCUT2D eigenvalue weighted by atomic mass is 10.1. The molecule has 0 aliphatic rings. The fourth-order valence-corrected chi connectivity index (χ4v) is 3.49. The van der Waals surface area contributed by atoms with Crippen molar-refractivity contribution in [3.8, 4) is 11.4 Å². The SMILES string of the molecule is COCCOc1ccc(Nc2nc(N)c3ncn(-c4cccc(NC(=O)CC(C)C)c4)c3n2)cc1. The quantitative estimate of drug-likeness (QED) is 0.292. The Bertz CT molecular complexity index is 1300. The number of anilines is 4. The molecule has 0 unspecified atom stereocenters. The minimum Gasteiger partial charge on any atom is -0.491 e. The number of methoxy groups -OCH3 is 1. The molecule has 0 saturated carbocycles. The first-order valence-electron chi connectivity index (χ1n) is 11.3. The van der Waals surface area contributed by atoms with E-state index in [9.17, 15) is 4.79 Å². The number of hydrogen-bond acceptors (Lipinski definition) is 8. The second-order valence-electron chi connectivity index (χ2n) is 8.41. The molecule has 1 amide bonds. The lowest BCUT2D eigenvalue weighted by Crippen LogP contribution is -2.14. The number of carbonyl (C=O) groups excluding carboxylic acids is 1. The zero-order chi connectivity index (χ0) is 24.8. The van der Waals surface area contributed by atoms with Crippen molar-refractivity contribution in [1.82, 2.24) is 19.5 Å². The highest BCUT2D eigenvalue weighted by Crippen LogP contribution is 2.25. The summed E-state index contributed by atoms with van der Waals surface area (Å²) in [5, 5.41) is 6.11. The molecule has 2 aromatic carbocycles. The first-order valence-corrected chi connectivity index (χ1v) is 11.3. The van der Waals surface area contributed by atoms with Crippen molar-refractivity contribution in [1.29, 1.82) is 0 Å². The molecule has 4 aromatic rings. The third kappa shape index (κ3) is 6.04. The van der Waals surface area contributed by atoms with Gasteiger partial charge in [0.15, 0.2) is 17.0 Å². The van der Waals surface area contributed by atoms with Gasteiger partial charge in [0.2, 0.25) is 11.9 Å². The number of fused-ring (bicyclic) bond motifs is 1. The molecule has 0 aliphatic carbocycles. The number of nitrogens with one attached hydrogen (secondary N) is 2. The molecule has 182 valence electrons. The molecule has 0 saturated heterocycles. The molecule has 10 nitrogen and oxygen atoms in total. The van der Waals surface area contributed by atoms with E-state index in [1.165, 1.54) is 0 Å². The van der Waals surface area contributed by atoms with Crippen LogP contribution >= 0.6 is 0 Å². The predicted molar refractivity (Wildman–Crippen MR) is 136 cm³/mol. The second kappa shape index (κ2) is 10.8. The fraction of sp³-hybridized carbons (Fsp3) is 0.280. The van der Waals surface area contributed by atoms with Gasteiger partial charge in [0.05, 0.1) is 12.3 Å². The molecular formula is C25H29N7O3. The van der Waals surface area contributed by atoms with Gasteiger partial charge in [-0.1, -0.05) is 19.9 Å². The van der Waals surface area contributed by atoms with Crippen LogP contribution < -0.4 is 21.1 Å². The largest absolute Gasteiger partial charge is 0.491 e. The van der Waals surface area contributed by atoms with E-state index in [1.54, 1.807) is 13.4 Å². The topological polar surface area (TPSA) is 129 Å². The molecule has 4 N–H and O–H groups in total. The Morgan fingerprint density at radius 3 is 2.63 bits per heavy atom. The zero-order valence-electron chi connectivity index (χ0n) is 20.0. The fourth-order valence-electron chi connectivity index (χ4n) is 3.49. The summed E-state index contributed by atoms with van der Waals surface area (Å²) in [6.07, 6.45) is 2.10. The Labute approximate surface area is 203 Å². The number of hydrogen-bond donors (Lipinski definition) is 3. The predicted octanol–water partition coefficient (Wildman–Crippen LogP) is 4.15. The summed E-state index contributed by atoms with van der Waals surface area (Å²) in [5.41, 5.74) is 9.49. The van der Waals surface area contributed by atoms with Crippen molar-refractivity contribution in [2.45, 2.75) is 20.3 Å². The number of aromatic nitrogens is 4. The number of nitrogen functional groups attached to an aromatic ring is 1. The zero-order valence-corrected chi connectivity index (χ0v) is 20.0. The Hall–Kier alpha value is -4.18. The maximum Gasteiger partial charge on any atom is 0.231 e. The van der Waals surface area contributed by atoms with Crippen LogP contribution in [0.1, 0.15) is 20.3 Å². The molecule has 4 rings (SSSR count). The molecule has 0 atom stereocenters. The Balaban J connectivity index is 1.56. The maximum atomic E-state index is 12.2. The first-order chi connectivity index (χ1) is 16.9. The highest BCUT2D eigenvalue weighted by molar-refractivity contribution is 5.91. The number of rotatable bonds is 10. The summed E-state index contributed by atoms with van der Waals surface area (Å²) in [4.78, 5) is 25.6. The van der Waals surface area contributed by atoms with Crippen LogP contribution in [-0.4, -0.2) is 45.7 Å². The van der Waals surface area contributed by atoms with Crippen molar-refractivity contribution >= 4 is 40.2 Å². The lowest BCUT2D eigenvalue weighted by Gasteiger charge is -2.11. The second-order valence-corrected chi connectivity index (χ2v) is 8.41. The van der Waals surface area contributed by atoms with Crippen LogP contribution in [0.2, 0.25) is 0 Å². The van der Waals surface area contributed by atoms with Gasteiger partial charge in [-0.3, -0.25) is 9.36 Å². The van der Waals surface area contributed by atoms with Gasteiger partial charge in [-0.15, -0.1) is 0 Å². The van der Waals surface area contributed by atoms with Gasteiger partial charge in [0.25, 0.3) is 0 Å². The molecule has 35 heavy (non-hydrogen) atoms. The smallest absolute Gasteiger partial charge is 0.231 e. The normalized spacial score (nSPS) is 11.1. The number of imidazole rings is 1. The van der Waals surface area contributed by atoms with E-state index in [2.05, 4.69) is 25.6 Å². The van der Waals surface area contributed by atoms with E-state index in [1.807, 2.05) is 66.9 Å². The van der Waals surface area contributed by atoms with Crippen LogP contribution in [0, 0.1) is 5.92 Å². The van der Waals surface area contributed by atoms with Gasteiger partial charge < -0.3 is 25.8 Å². The molecule has 0 fully saturated rings. The molecule has 0 spiro atoms. The minimum atomic E-state index is -0.0270. The van der Waals surface area contributed by atoms with Gasteiger partial charge in [0, 0.05) is 24.9 Å². The average molecular weight is 476 g/mol. The van der Waals surface area contributed by atoms with Gasteiger partial charge in [-0.25, -0.2) is 4.98 Å². The summed E-state index contributed by atoms with van der Waals surface area (Å²) >= 11 is 0. The Kier molecular flexibility index (Phi) is 7.41. The average Bonchev–Trinajstić information content (AvgIpc) is 3.24. The van der Waals surface area contributed by atoms with E-state index >= 15 is 0 Å². The molecule has 0 bridgehead atoms. The van der Waals surface area contributed by atoms with Crippen LogP contribution in [0.3, 0.4) is 0 Å². The number of carbonyl (C=O) groups is 1. The summed E-state index contributed by atoms with van der Waals surface area (Å²) in [6.45, 7) is 5.02. The Morgan fingerprint density at radius 1 is 1.09 bits per heavy atom. The van der Waals surface area contributed by atoms with E-state index in [0.29, 0.717) is 42.4 Å². The lowest BCUT2D eigenvalue weighted by molar-refractivity contribution is -0.116. The van der Waals surface area contributed by atoms with E-state index in [-0.39, 0.29) is 17.6 Å². The molecule has 2 aromatic heterocycles. The van der Waals surface area contributed by atoms with Crippen LogP contribution in [-0.2, 0) is 9.53 Å². The highest BCUT2D eigenvalue weighted by atomic mass is 16.5. The van der Waals surface area contributed by atoms with Crippen LogP contribution in [0.15, 0.2) is 54.9 Å². The van der Waals surface area contributed by atoms with Crippen molar-refractivity contribution in [3.05, 3.63) is 54.9 Å². The first kappa shape index (κ1) is 24.0. The minimum absolute atomic E-state index is 0.0270. The standard InChI is InChI=1S/C25H29N7O3/c1-16(2)13-21(33)28-18-5-4-6-19(14-18)32-15-27-22-23(26)30-25(31-24(22)32)29-17-7-9-20(10-8-17)35-12-11-34-3/h4-10,14-16H,11-13H2,1-3H3,(H,28,33)(H3,26,29,30,31). The number of amides is 1. The number of nitrogens with two attached hydrogens (primary N) is 1. The third-order valence-electron chi connectivity index (χ3n) is 5.09. The molecule has 0 aliphatic heterocycles. The third-order valence-corrected chi connectivity index (χ3v) is 5.09. The summed E-state index contributed by atoms with van der Waals surface area (Å²) in [7, 11) is 1.63. The van der Waals surface area contributed by atoms with Gasteiger partial charge in [0.1, 0.15) is 18.7 Å². The van der Waals surface area contributed by atoms with E-state index in [0.717, 1.165) is 17.1 Å². The van der Waals surface area contributed by atoms with E-state index in [4.69, 9.17) is 15.2 Å². The van der Waals surface area contributed by atoms with Crippen molar-refractivity contribution in [3.63, 3.8) is 0 Å². The monoisotopic (exact) mass is 475 g/mol. The summed E-state index contributed by atoms with van der Waals surface area (Å²) in [6, 6.07) is 14.9. The summed E-state index contributed by atoms with van der Waals surface area (Å²) < 4.78 is 12.4. The van der Waals surface area contributed by atoms with Crippen molar-refractivity contribution < 1.29 is 14.3 Å². The van der Waals surface area contributed by atoms with Gasteiger partial charge in [-0.05, 0) is 48.4 Å². The maximum absolute atomic E-state index is 12.2. The van der Waals surface area contributed by atoms with E-state index < -0.39 is 0 Å². The number of benzene rings is 2. The van der Waals surface area contributed by atoms with Gasteiger partial charge in [-0.2, -0.15) is 9.97 Å². The Morgan fingerprint density at radius 2 is 1.89 bits per heavy atom. The highest BCUT2D eigenvalue weighted by Gasteiger charge is 2.14. The van der Waals surface area contributed by atoms with Crippen molar-refractivity contribution in [2.24, 2.45) is 5.92 Å². The molecule has 0 radical (unpaired) electrons. The van der Waals surface area contributed by atoms with Crippen LogP contribution in [0.5, 0.6) is 5.75 Å². The number of nitrogens with zero attached hydrogens (tertiary/aromatic N) is 4. The number of ether oxygens (including phenoxy) is 2. The van der Waals surface area contributed by atoms with Crippen LogP contribution in [0.4, 0.5) is 23.1 Å². The molecule has 10 heteroatoms. The molecular weight excluding hydrogens is 446 g/mol. The van der Waals surface area contributed by atoms with Crippen LogP contribution in [0.25, 0.3) is 16.9 Å². The summed E-state index contributed by atoms with van der Waals surface area (Å²) in [5.74, 6) is 1.59. The van der Waals surface area contributed by atoms with Crippen molar-refractivity contribution in [2.75, 3.05) is 36.7 Å². The van der Waals surface area contributed by atoms with Gasteiger partial charge >= 0.3 is 0 Å².